The van der Waals surface area contributed by atoms with E-state index in [1.54, 1.807) is 11.0 Å². The quantitative estimate of drug-likeness (QED) is 0.494. The molecule has 2 amide bonds. The van der Waals surface area contributed by atoms with Gasteiger partial charge in [-0.05, 0) is 57.2 Å². The number of piperazine rings is 1. The molecule has 7 nitrogen and oxygen atoms in total. The van der Waals surface area contributed by atoms with E-state index in [-0.39, 0.29) is 36.5 Å². The molecule has 0 unspecified atom stereocenters. The number of halogens is 1. The predicted octanol–water partition coefficient (Wildman–Crippen LogP) is 2.44. The number of amides is 2. The largest absolute Gasteiger partial charge is 0.391 e. The van der Waals surface area contributed by atoms with Crippen molar-refractivity contribution < 1.29 is 19.1 Å². The summed E-state index contributed by atoms with van der Waals surface area (Å²) in [6, 6.07) is 3.85. The zero-order chi connectivity index (χ0) is 24.9. The van der Waals surface area contributed by atoms with Crippen LogP contribution in [0.3, 0.4) is 0 Å². The zero-order valence-corrected chi connectivity index (χ0v) is 20.9. The lowest BCUT2D eigenvalue weighted by Crippen LogP contribution is -2.64. The van der Waals surface area contributed by atoms with E-state index < -0.39 is 17.7 Å². The minimum absolute atomic E-state index is 0.0629. The van der Waals surface area contributed by atoms with Crippen LogP contribution in [0, 0.1) is 24.6 Å². The first-order valence-electron chi connectivity index (χ1n) is 11.9. The number of aliphatic hydroxyl groups is 1. The molecular weight excluding hydrogens is 423 g/mol. The fourth-order valence-electron chi connectivity index (χ4n) is 4.19. The summed E-state index contributed by atoms with van der Waals surface area (Å²) in [5.41, 5.74) is 7.32. The lowest BCUT2D eigenvalue weighted by atomic mass is 9.92. The fourth-order valence-corrected chi connectivity index (χ4v) is 4.19. The molecule has 0 aliphatic carbocycles. The van der Waals surface area contributed by atoms with Crippen LogP contribution in [0.25, 0.3) is 0 Å². The minimum Gasteiger partial charge on any atom is -0.391 e. The second-order valence-corrected chi connectivity index (χ2v) is 10.3. The lowest BCUT2D eigenvalue weighted by Gasteiger charge is -2.48. The Morgan fingerprint density at radius 1 is 1.33 bits per heavy atom. The molecule has 1 saturated heterocycles. The summed E-state index contributed by atoms with van der Waals surface area (Å²) in [4.78, 5) is 29.0. The van der Waals surface area contributed by atoms with Crippen LogP contribution in [0.15, 0.2) is 18.2 Å². The molecule has 2 rings (SSSR count). The highest BCUT2D eigenvalue weighted by atomic mass is 19.1. The summed E-state index contributed by atoms with van der Waals surface area (Å²) < 4.78 is 13.8. The molecular formula is C25H41FN4O3. The van der Waals surface area contributed by atoms with Gasteiger partial charge in [0, 0.05) is 42.8 Å². The second kappa shape index (κ2) is 11.4. The Morgan fingerprint density at radius 3 is 2.61 bits per heavy atom. The van der Waals surface area contributed by atoms with Gasteiger partial charge in [-0.2, -0.15) is 0 Å². The number of hydrogen-bond acceptors (Lipinski definition) is 5. The fraction of sp³-hybridized carbons (Fsp3) is 0.680. The van der Waals surface area contributed by atoms with Crippen molar-refractivity contribution in [3.63, 3.8) is 0 Å². The van der Waals surface area contributed by atoms with Gasteiger partial charge in [0.2, 0.25) is 11.8 Å². The van der Waals surface area contributed by atoms with Crippen LogP contribution in [-0.4, -0.2) is 65.7 Å². The Morgan fingerprint density at radius 2 is 2.00 bits per heavy atom. The maximum absolute atomic E-state index is 13.8. The number of nitrogens with one attached hydrogen (secondary N) is 1. The van der Waals surface area contributed by atoms with Crippen molar-refractivity contribution >= 4 is 17.5 Å². The van der Waals surface area contributed by atoms with E-state index in [0.29, 0.717) is 37.7 Å². The molecule has 3 atom stereocenters. The summed E-state index contributed by atoms with van der Waals surface area (Å²) in [7, 11) is 0. The number of anilines is 1. The van der Waals surface area contributed by atoms with Crippen molar-refractivity contribution in [2.75, 3.05) is 31.1 Å². The van der Waals surface area contributed by atoms with Crippen molar-refractivity contribution in [2.24, 2.45) is 17.6 Å². The summed E-state index contributed by atoms with van der Waals surface area (Å²) in [6.45, 7) is 13.3. The standard InChI is InChI=1S/C25H41FN4O3/c1-7-18(24(33)28-12-16(2)3)10-22(31)20(27)13-29-14-23(32)30(15-25(29,5)6)21-11-19(26)9-8-17(21)4/h8-9,11,16,18,20,22,31H,7,10,12-15,27H2,1-6H3,(H,28,33)/t18-,20+,22+/m1/s1. The number of hydrogen-bond donors (Lipinski definition) is 3. The van der Waals surface area contributed by atoms with E-state index >= 15 is 0 Å². The van der Waals surface area contributed by atoms with E-state index in [2.05, 4.69) is 5.32 Å². The van der Waals surface area contributed by atoms with E-state index in [1.807, 2.05) is 46.4 Å². The molecule has 4 N–H and O–H groups in total. The van der Waals surface area contributed by atoms with Gasteiger partial charge in [0.05, 0.1) is 12.6 Å². The normalized spacial score (nSPS) is 19.5. The van der Waals surface area contributed by atoms with Crippen LogP contribution in [0.2, 0.25) is 0 Å². The SMILES string of the molecule is CC[C@H](C[C@H](O)[C@@H](N)CN1CC(=O)N(c2cc(F)ccc2C)CC1(C)C)C(=O)NCC(C)C. The van der Waals surface area contributed by atoms with Crippen LogP contribution < -0.4 is 16.0 Å². The van der Waals surface area contributed by atoms with Crippen molar-refractivity contribution in [3.05, 3.63) is 29.6 Å². The van der Waals surface area contributed by atoms with Crippen molar-refractivity contribution in [3.8, 4) is 0 Å². The number of rotatable bonds is 10. The molecule has 0 aromatic heterocycles. The van der Waals surface area contributed by atoms with Gasteiger partial charge in [-0.25, -0.2) is 4.39 Å². The van der Waals surface area contributed by atoms with Crippen LogP contribution in [0.4, 0.5) is 10.1 Å². The van der Waals surface area contributed by atoms with Gasteiger partial charge in [0.1, 0.15) is 5.82 Å². The molecule has 186 valence electrons. The Bertz CT molecular complexity index is 830. The summed E-state index contributed by atoms with van der Waals surface area (Å²) in [5, 5.41) is 13.7. The van der Waals surface area contributed by atoms with Gasteiger partial charge in [-0.1, -0.05) is 26.8 Å². The smallest absolute Gasteiger partial charge is 0.241 e. The van der Waals surface area contributed by atoms with Crippen molar-refractivity contribution in [1.29, 1.82) is 0 Å². The first-order valence-corrected chi connectivity index (χ1v) is 11.9. The number of carbonyl (C=O) groups is 2. The molecule has 0 spiro atoms. The summed E-state index contributed by atoms with van der Waals surface area (Å²) in [5.74, 6) is -0.534. The molecule has 0 radical (unpaired) electrons. The Hall–Kier alpha value is -2.03. The number of carbonyl (C=O) groups excluding carboxylic acids is 2. The number of aryl methyl sites for hydroxylation is 1. The van der Waals surface area contributed by atoms with Crippen molar-refractivity contribution in [1.82, 2.24) is 10.2 Å². The first kappa shape index (κ1) is 27.2. The first-order chi connectivity index (χ1) is 15.4. The molecule has 1 aromatic rings. The topological polar surface area (TPSA) is 98.9 Å². The van der Waals surface area contributed by atoms with Gasteiger partial charge in [0.15, 0.2) is 0 Å². The highest BCUT2D eigenvalue weighted by Gasteiger charge is 2.40. The average molecular weight is 465 g/mol. The van der Waals surface area contributed by atoms with Crippen LogP contribution in [-0.2, 0) is 9.59 Å². The van der Waals surface area contributed by atoms with E-state index in [9.17, 15) is 19.1 Å². The third-order valence-electron chi connectivity index (χ3n) is 6.49. The number of nitrogens with zero attached hydrogens (tertiary/aromatic N) is 2. The van der Waals surface area contributed by atoms with Gasteiger partial charge < -0.3 is 21.1 Å². The third-order valence-corrected chi connectivity index (χ3v) is 6.49. The monoisotopic (exact) mass is 464 g/mol. The molecule has 1 aromatic carbocycles. The van der Waals surface area contributed by atoms with E-state index in [1.165, 1.54) is 12.1 Å². The molecule has 0 saturated carbocycles. The Balaban J connectivity index is 2.02. The van der Waals surface area contributed by atoms with Gasteiger partial charge in [-0.15, -0.1) is 0 Å². The molecule has 1 aliphatic rings. The highest BCUT2D eigenvalue weighted by molar-refractivity contribution is 5.96. The average Bonchev–Trinajstić information content (AvgIpc) is 2.74. The molecule has 33 heavy (non-hydrogen) atoms. The molecule has 0 bridgehead atoms. The zero-order valence-electron chi connectivity index (χ0n) is 20.9. The van der Waals surface area contributed by atoms with Crippen LogP contribution in [0.1, 0.15) is 53.0 Å². The van der Waals surface area contributed by atoms with Gasteiger partial charge in [-0.3, -0.25) is 14.5 Å². The molecule has 1 heterocycles. The number of aliphatic hydroxyl groups excluding tert-OH is 1. The molecule has 1 fully saturated rings. The molecule has 8 heteroatoms. The summed E-state index contributed by atoms with van der Waals surface area (Å²) >= 11 is 0. The van der Waals surface area contributed by atoms with Crippen molar-refractivity contribution in [2.45, 2.75) is 72.1 Å². The van der Waals surface area contributed by atoms with Crippen LogP contribution in [0.5, 0.6) is 0 Å². The van der Waals surface area contributed by atoms with Gasteiger partial charge >= 0.3 is 0 Å². The minimum atomic E-state index is -0.867. The second-order valence-electron chi connectivity index (χ2n) is 10.3. The Labute approximate surface area is 197 Å². The highest BCUT2D eigenvalue weighted by Crippen LogP contribution is 2.29. The maximum atomic E-state index is 13.8. The summed E-state index contributed by atoms with van der Waals surface area (Å²) in [6.07, 6.45) is 0.0241. The van der Waals surface area contributed by atoms with Crippen LogP contribution >= 0.6 is 0 Å². The third kappa shape index (κ3) is 7.22. The van der Waals surface area contributed by atoms with E-state index in [0.717, 1.165) is 5.56 Å². The molecule has 1 aliphatic heterocycles. The van der Waals surface area contributed by atoms with E-state index in [4.69, 9.17) is 5.73 Å². The lowest BCUT2D eigenvalue weighted by molar-refractivity contribution is -0.126. The number of benzene rings is 1. The maximum Gasteiger partial charge on any atom is 0.241 e. The number of nitrogens with two attached hydrogens (primary N) is 1. The predicted molar refractivity (Wildman–Crippen MR) is 129 cm³/mol. The van der Waals surface area contributed by atoms with Gasteiger partial charge in [0.25, 0.3) is 0 Å². The Kier molecular flexibility index (Phi) is 9.40.